The third-order valence-corrected chi connectivity index (χ3v) is 3.98. The van der Waals surface area contributed by atoms with Gasteiger partial charge in [0, 0.05) is 11.1 Å². The molecule has 1 heterocycles. The Morgan fingerprint density at radius 2 is 1.76 bits per heavy atom. The third kappa shape index (κ3) is 4.65. The van der Waals surface area contributed by atoms with Gasteiger partial charge in [-0.25, -0.2) is 0 Å². The van der Waals surface area contributed by atoms with Gasteiger partial charge in [-0.3, -0.25) is 4.79 Å². The molecule has 0 bridgehead atoms. The van der Waals surface area contributed by atoms with Crippen molar-refractivity contribution in [1.82, 2.24) is 15.5 Å². The Balaban J connectivity index is 1.65. The number of carbonyl (C=O) groups is 1. The molecule has 29 heavy (non-hydrogen) atoms. The second-order valence-corrected chi connectivity index (χ2v) is 5.84. The minimum atomic E-state index is -4.46. The smallest absolute Gasteiger partial charge is 0.416 e. The summed E-state index contributed by atoms with van der Waals surface area (Å²) in [6, 6.07) is 8.97. The number of nitrogens with zero attached hydrogens (tertiary/aromatic N) is 2. The average Bonchev–Trinajstić information content (AvgIpc) is 3.20. The average molecular weight is 407 g/mol. The van der Waals surface area contributed by atoms with E-state index in [1.165, 1.54) is 14.2 Å². The van der Waals surface area contributed by atoms with Crippen molar-refractivity contribution in [3.8, 4) is 22.9 Å². The van der Waals surface area contributed by atoms with Crippen LogP contribution in [0.1, 0.15) is 21.8 Å². The van der Waals surface area contributed by atoms with Gasteiger partial charge in [-0.05, 0) is 42.5 Å². The molecule has 0 aliphatic carbocycles. The summed E-state index contributed by atoms with van der Waals surface area (Å²) in [5.41, 5.74) is -0.130. The zero-order valence-corrected chi connectivity index (χ0v) is 15.4. The van der Waals surface area contributed by atoms with E-state index in [2.05, 4.69) is 15.5 Å². The molecule has 0 fully saturated rings. The lowest BCUT2D eigenvalue weighted by Crippen LogP contribution is -2.23. The number of aromatic nitrogens is 2. The van der Waals surface area contributed by atoms with E-state index < -0.39 is 17.6 Å². The van der Waals surface area contributed by atoms with Crippen LogP contribution < -0.4 is 14.8 Å². The van der Waals surface area contributed by atoms with Crippen LogP contribution in [-0.4, -0.2) is 30.3 Å². The first-order chi connectivity index (χ1) is 13.8. The normalized spacial score (nSPS) is 11.2. The van der Waals surface area contributed by atoms with Gasteiger partial charge in [-0.2, -0.15) is 18.2 Å². The zero-order valence-electron chi connectivity index (χ0n) is 15.4. The van der Waals surface area contributed by atoms with E-state index in [0.29, 0.717) is 17.1 Å². The van der Waals surface area contributed by atoms with Gasteiger partial charge in [-0.1, -0.05) is 5.16 Å². The molecule has 0 saturated carbocycles. The maximum absolute atomic E-state index is 12.6. The van der Waals surface area contributed by atoms with Crippen LogP contribution in [0.5, 0.6) is 11.5 Å². The van der Waals surface area contributed by atoms with Gasteiger partial charge < -0.3 is 19.3 Å². The summed E-state index contributed by atoms with van der Waals surface area (Å²) in [5, 5.41) is 6.37. The number of amides is 1. The van der Waals surface area contributed by atoms with Crippen molar-refractivity contribution in [1.29, 1.82) is 0 Å². The summed E-state index contributed by atoms with van der Waals surface area (Å²) in [4.78, 5) is 16.3. The third-order valence-electron chi connectivity index (χ3n) is 3.98. The minimum Gasteiger partial charge on any atom is -0.493 e. The Kier molecular flexibility index (Phi) is 5.71. The molecule has 152 valence electrons. The second kappa shape index (κ2) is 8.21. The number of hydrogen-bond donors (Lipinski definition) is 1. The van der Waals surface area contributed by atoms with Crippen LogP contribution in [0.4, 0.5) is 13.2 Å². The van der Waals surface area contributed by atoms with Crippen molar-refractivity contribution in [3.05, 3.63) is 59.5 Å². The van der Waals surface area contributed by atoms with Gasteiger partial charge in [0.25, 0.3) is 5.91 Å². The number of ether oxygens (including phenoxy) is 2. The molecule has 7 nitrogen and oxygen atoms in total. The number of carbonyl (C=O) groups excluding carboxylic acids is 1. The zero-order chi connectivity index (χ0) is 21.0. The molecule has 1 N–H and O–H groups in total. The van der Waals surface area contributed by atoms with Gasteiger partial charge in [0.15, 0.2) is 11.5 Å². The minimum absolute atomic E-state index is 0.0811. The molecule has 0 aliphatic rings. The van der Waals surface area contributed by atoms with Crippen LogP contribution in [0.3, 0.4) is 0 Å². The number of nitrogens with one attached hydrogen (secondary N) is 1. The Morgan fingerprint density at radius 3 is 2.38 bits per heavy atom. The molecule has 0 saturated heterocycles. The van der Waals surface area contributed by atoms with Gasteiger partial charge in [-0.15, -0.1) is 0 Å². The highest BCUT2D eigenvalue weighted by atomic mass is 19.4. The van der Waals surface area contributed by atoms with Crippen molar-refractivity contribution in [2.24, 2.45) is 0 Å². The largest absolute Gasteiger partial charge is 0.493 e. The van der Waals surface area contributed by atoms with Crippen LogP contribution in [0.15, 0.2) is 47.0 Å². The monoisotopic (exact) mass is 407 g/mol. The summed E-state index contributed by atoms with van der Waals surface area (Å²) < 4.78 is 53.2. The molecule has 0 aliphatic heterocycles. The number of benzene rings is 2. The van der Waals surface area contributed by atoms with E-state index in [-0.39, 0.29) is 23.8 Å². The first-order valence-corrected chi connectivity index (χ1v) is 8.32. The number of methoxy groups -OCH3 is 2. The molecule has 0 spiro atoms. The summed E-state index contributed by atoms with van der Waals surface area (Å²) >= 11 is 0. The molecular weight excluding hydrogens is 391 g/mol. The van der Waals surface area contributed by atoms with E-state index in [1.54, 1.807) is 18.2 Å². The Morgan fingerprint density at radius 1 is 1.07 bits per heavy atom. The first-order valence-electron chi connectivity index (χ1n) is 8.32. The number of rotatable bonds is 6. The molecule has 2 aromatic carbocycles. The van der Waals surface area contributed by atoms with Gasteiger partial charge in [0.1, 0.15) is 0 Å². The Labute approximate surface area is 163 Å². The predicted octanol–water partition coefficient (Wildman–Crippen LogP) is 3.70. The summed E-state index contributed by atoms with van der Waals surface area (Å²) in [7, 11) is 3.02. The lowest BCUT2D eigenvalue weighted by molar-refractivity contribution is -0.137. The molecule has 1 amide bonds. The molecule has 3 rings (SSSR count). The summed E-state index contributed by atoms with van der Waals surface area (Å²) in [6.45, 7) is -0.0832. The highest BCUT2D eigenvalue weighted by Crippen LogP contribution is 2.31. The molecule has 0 unspecified atom stereocenters. The quantitative estimate of drug-likeness (QED) is 0.671. The molecule has 1 aromatic heterocycles. The fraction of sp³-hybridized carbons (Fsp3) is 0.211. The van der Waals surface area contributed by atoms with Crippen LogP contribution in [0.25, 0.3) is 11.4 Å². The first kappa shape index (κ1) is 20.2. The van der Waals surface area contributed by atoms with Gasteiger partial charge in [0.05, 0.1) is 26.3 Å². The number of alkyl halides is 3. The van der Waals surface area contributed by atoms with E-state index in [9.17, 15) is 18.0 Å². The fourth-order valence-electron chi connectivity index (χ4n) is 2.49. The van der Waals surface area contributed by atoms with Crippen LogP contribution in [-0.2, 0) is 12.7 Å². The molecule has 10 heteroatoms. The van der Waals surface area contributed by atoms with E-state index in [4.69, 9.17) is 14.0 Å². The Bertz CT molecular complexity index is 1000. The molecular formula is C19H16F3N3O4. The predicted molar refractivity (Wildman–Crippen MR) is 95.5 cm³/mol. The van der Waals surface area contributed by atoms with E-state index in [1.807, 2.05) is 0 Å². The van der Waals surface area contributed by atoms with E-state index in [0.717, 1.165) is 24.3 Å². The highest BCUT2D eigenvalue weighted by molar-refractivity contribution is 5.94. The second-order valence-electron chi connectivity index (χ2n) is 5.84. The molecule has 3 aromatic rings. The van der Waals surface area contributed by atoms with Crippen LogP contribution >= 0.6 is 0 Å². The topological polar surface area (TPSA) is 86.5 Å². The van der Waals surface area contributed by atoms with Crippen molar-refractivity contribution >= 4 is 5.91 Å². The molecule has 0 radical (unpaired) electrons. The van der Waals surface area contributed by atoms with Crippen LogP contribution in [0.2, 0.25) is 0 Å². The van der Waals surface area contributed by atoms with Crippen molar-refractivity contribution in [3.63, 3.8) is 0 Å². The Hall–Kier alpha value is -3.56. The highest BCUT2D eigenvalue weighted by Gasteiger charge is 2.30. The molecule has 0 atom stereocenters. The number of halogens is 3. The van der Waals surface area contributed by atoms with Crippen molar-refractivity contribution in [2.75, 3.05) is 14.2 Å². The maximum atomic E-state index is 12.6. The maximum Gasteiger partial charge on any atom is 0.416 e. The van der Waals surface area contributed by atoms with Gasteiger partial charge in [0.2, 0.25) is 11.7 Å². The lowest BCUT2D eigenvalue weighted by atomic mass is 10.1. The standard InChI is InChI=1S/C19H16F3N3O4/c1-27-14-8-5-12(9-15(14)28-2)17-24-16(29-25-17)10-23-18(26)11-3-6-13(7-4-11)19(20,21)22/h3-9H,10H2,1-2H3,(H,23,26). The van der Waals surface area contributed by atoms with Crippen molar-refractivity contribution < 1.29 is 32.0 Å². The van der Waals surface area contributed by atoms with E-state index >= 15 is 0 Å². The lowest BCUT2D eigenvalue weighted by Gasteiger charge is -2.07. The number of hydrogen-bond acceptors (Lipinski definition) is 6. The summed E-state index contributed by atoms with van der Waals surface area (Å²) in [6.07, 6.45) is -4.46. The SMILES string of the molecule is COc1ccc(-c2noc(CNC(=O)c3ccc(C(F)(F)F)cc3)n2)cc1OC. The fourth-order valence-corrected chi connectivity index (χ4v) is 2.49. The van der Waals surface area contributed by atoms with Crippen LogP contribution in [0, 0.1) is 0 Å². The van der Waals surface area contributed by atoms with Crippen molar-refractivity contribution in [2.45, 2.75) is 12.7 Å². The summed E-state index contributed by atoms with van der Waals surface area (Å²) in [5.74, 6) is 0.889. The van der Waals surface area contributed by atoms with Gasteiger partial charge >= 0.3 is 6.18 Å².